The van der Waals surface area contributed by atoms with Crippen LogP contribution in [-0.4, -0.2) is 20.1 Å². The Labute approximate surface area is 84.6 Å². The third-order valence-electron chi connectivity index (χ3n) is 1.77. The maximum Gasteiger partial charge on any atom is 0.176 e. The first-order chi connectivity index (χ1) is 6.48. The van der Waals surface area contributed by atoms with Crippen LogP contribution in [-0.2, 0) is 5.60 Å². The summed E-state index contributed by atoms with van der Waals surface area (Å²) < 4.78 is 0.762. The molecule has 0 unspecified atom stereocenters. The maximum absolute atomic E-state index is 9.71. The van der Waals surface area contributed by atoms with E-state index in [0.717, 1.165) is 4.70 Å². The zero-order valence-corrected chi connectivity index (χ0v) is 8.67. The summed E-state index contributed by atoms with van der Waals surface area (Å²) in [5.41, 5.74) is 6.81. The van der Waals surface area contributed by atoms with Crippen LogP contribution in [0.1, 0.15) is 19.7 Å². The molecule has 0 atom stereocenters. The van der Waals surface area contributed by atoms with Crippen molar-refractivity contribution >= 4 is 27.5 Å². The smallest absolute Gasteiger partial charge is 0.176 e. The average Bonchev–Trinajstić information content (AvgIpc) is 2.50. The highest BCUT2D eigenvalue weighted by atomic mass is 32.1. The molecule has 0 amide bonds. The lowest BCUT2D eigenvalue weighted by atomic mass is 10.1. The largest absolute Gasteiger partial charge is 0.382 e. The summed E-state index contributed by atoms with van der Waals surface area (Å²) in [6.07, 6.45) is 0. The van der Waals surface area contributed by atoms with Crippen LogP contribution in [0.25, 0.3) is 10.3 Å². The van der Waals surface area contributed by atoms with Crippen LogP contribution in [0, 0.1) is 0 Å². The fraction of sp³-hybridized carbons (Fsp3) is 0.375. The van der Waals surface area contributed by atoms with E-state index in [2.05, 4.69) is 15.0 Å². The fourth-order valence-corrected chi connectivity index (χ4v) is 1.69. The Bertz CT molecular complexity index is 474. The number of nitrogens with zero attached hydrogens (tertiary/aromatic N) is 3. The van der Waals surface area contributed by atoms with Gasteiger partial charge in [-0.25, -0.2) is 15.0 Å². The van der Waals surface area contributed by atoms with E-state index in [9.17, 15) is 5.11 Å². The summed E-state index contributed by atoms with van der Waals surface area (Å²) in [5, 5.41) is 9.71. The quantitative estimate of drug-likeness (QED) is 0.730. The molecule has 0 saturated carbocycles. The third kappa shape index (κ3) is 1.42. The van der Waals surface area contributed by atoms with Gasteiger partial charge in [-0.3, -0.25) is 0 Å². The minimum Gasteiger partial charge on any atom is -0.382 e. The first-order valence-corrected chi connectivity index (χ1v) is 4.96. The van der Waals surface area contributed by atoms with Gasteiger partial charge in [0, 0.05) is 0 Å². The minimum atomic E-state index is -1.09. The van der Waals surface area contributed by atoms with E-state index in [-0.39, 0.29) is 0 Å². The van der Waals surface area contributed by atoms with E-state index in [0.29, 0.717) is 17.3 Å². The summed E-state index contributed by atoms with van der Waals surface area (Å²) >= 11 is 1.39. The summed E-state index contributed by atoms with van der Waals surface area (Å²) in [6, 6.07) is 0. The Morgan fingerprint density at radius 1 is 1.43 bits per heavy atom. The molecule has 2 aromatic rings. The number of aliphatic hydroxyl groups is 1. The van der Waals surface area contributed by atoms with Gasteiger partial charge in [-0.2, -0.15) is 0 Å². The lowest BCUT2D eigenvalue weighted by Crippen LogP contribution is -2.20. The van der Waals surface area contributed by atoms with Gasteiger partial charge in [0.2, 0.25) is 0 Å². The van der Waals surface area contributed by atoms with Crippen molar-refractivity contribution in [2.24, 2.45) is 0 Å². The SMILES string of the molecule is CC(C)(O)c1nc(N)c2scnc2n1. The van der Waals surface area contributed by atoms with Crippen molar-refractivity contribution in [3.63, 3.8) is 0 Å². The number of nitrogen functional groups attached to an aromatic ring is 1. The van der Waals surface area contributed by atoms with Gasteiger partial charge in [-0.15, -0.1) is 11.3 Å². The molecule has 0 saturated heterocycles. The molecule has 0 aliphatic carbocycles. The molecular formula is C8H10N4OS. The van der Waals surface area contributed by atoms with Crippen LogP contribution < -0.4 is 5.73 Å². The highest BCUT2D eigenvalue weighted by molar-refractivity contribution is 7.17. The van der Waals surface area contributed by atoms with Gasteiger partial charge >= 0.3 is 0 Å². The number of hydrogen-bond donors (Lipinski definition) is 2. The summed E-state index contributed by atoms with van der Waals surface area (Å²) in [4.78, 5) is 12.2. The number of nitrogens with two attached hydrogens (primary N) is 1. The monoisotopic (exact) mass is 210 g/mol. The summed E-state index contributed by atoms with van der Waals surface area (Å²) in [6.45, 7) is 3.22. The first kappa shape index (κ1) is 9.29. The van der Waals surface area contributed by atoms with Crippen molar-refractivity contribution in [2.45, 2.75) is 19.4 Å². The lowest BCUT2D eigenvalue weighted by molar-refractivity contribution is 0.0692. The average molecular weight is 210 g/mol. The minimum absolute atomic E-state index is 0.299. The normalized spacial score (nSPS) is 12.2. The zero-order valence-electron chi connectivity index (χ0n) is 7.85. The van der Waals surface area contributed by atoms with Crippen molar-refractivity contribution in [3.05, 3.63) is 11.3 Å². The highest BCUT2D eigenvalue weighted by Gasteiger charge is 2.21. The van der Waals surface area contributed by atoms with Gasteiger partial charge in [0.25, 0.3) is 0 Å². The van der Waals surface area contributed by atoms with Crippen molar-refractivity contribution in [3.8, 4) is 0 Å². The third-order valence-corrected chi connectivity index (χ3v) is 2.60. The Hall–Kier alpha value is -1.27. The molecule has 0 aliphatic heterocycles. The van der Waals surface area contributed by atoms with Crippen LogP contribution in [0.2, 0.25) is 0 Å². The van der Waals surface area contributed by atoms with Crippen LogP contribution in [0.3, 0.4) is 0 Å². The second-order valence-corrected chi connectivity index (χ2v) is 4.35. The van der Waals surface area contributed by atoms with Gasteiger partial charge in [0.05, 0.1) is 5.51 Å². The Balaban J connectivity index is 2.70. The number of rotatable bonds is 1. The molecule has 0 bridgehead atoms. The molecule has 74 valence electrons. The predicted octanol–water partition coefficient (Wildman–Crippen LogP) is 0.896. The summed E-state index contributed by atoms with van der Waals surface area (Å²) in [5.74, 6) is 0.669. The van der Waals surface area contributed by atoms with Gasteiger partial charge in [0.15, 0.2) is 11.5 Å². The molecule has 0 fully saturated rings. The van der Waals surface area contributed by atoms with E-state index in [1.807, 2.05) is 0 Å². The van der Waals surface area contributed by atoms with E-state index >= 15 is 0 Å². The standard InChI is InChI=1S/C8H10N4OS/c1-8(2,13)7-11-5(9)4-6(12-7)10-3-14-4/h3,13H,1-2H3,(H2,9,11,12). The second kappa shape index (κ2) is 2.86. The molecule has 0 radical (unpaired) electrons. The van der Waals surface area contributed by atoms with Crippen molar-refractivity contribution in [1.29, 1.82) is 0 Å². The molecule has 2 rings (SSSR count). The molecule has 0 aromatic carbocycles. The van der Waals surface area contributed by atoms with E-state index in [4.69, 9.17) is 5.73 Å². The van der Waals surface area contributed by atoms with Gasteiger partial charge in [0.1, 0.15) is 16.1 Å². The van der Waals surface area contributed by atoms with Crippen molar-refractivity contribution < 1.29 is 5.11 Å². The van der Waals surface area contributed by atoms with Crippen LogP contribution in [0.5, 0.6) is 0 Å². The molecule has 3 N–H and O–H groups in total. The molecular weight excluding hydrogens is 200 g/mol. The number of aromatic nitrogens is 3. The first-order valence-electron chi connectivity index (χ1n) is 4.08. The van der Waals surface area contributed by atoms with Crippen molar-refractivity contribution in [2.75, 3.05) is 5.73 Å². The Morgan fingerprint density at radius 3 is 2.79 bits per heavy atom. The summed E-state index contributed by atoms with van der Waals surface area (Å²) in [7, 11) is 0. The Morgan fingerprint density at radius 2 is 2.14 bits per heavy atom. The van der Waals surface area contributed by atoms with Gasteiger partial charge < -0.3 is 10.8 Å². The highest BCUT2D eigenvalue weighted by Crippen LogP contribution is 2.24. The van der Waals surface area contributed by atoms with E-state index < -0.39 is 5.60 Å². The second-order valence-electron chi connectivity index (χ2n) is 3.50. The van der Waals surface area contributed by atoms with Gasteiger partial charge in [-0.1, -0.05) is 0 Å². The number of fused-ring (bicyclic) bond motifs is 1. The maximum atomic E-state index is 9.71. The fourth-order valence-electron chi connectivity index (χ4n) is 1.06. The molecule has 14 heavy (non-hydrogen) atoms. The molecule has 2 heterocycles. The van der Waals surface area contributed by atoms with Gasteiger partial charge in [-0.05, 0) is 13.8 Å². The van der Waals surface area contributed by atoms with E-state index in [1.165, 1.54) is 11.3 Å². The number of anilines is 1. The van der Waals surface area contributed by atoms with Crippen molar-refractivity contribution in [1.82, 2.24) is 15.0 Å². The predicted molar refractivity (Wildman–Crippen MR) is 54.9 cm³/mol. The Kier molecular flexibility index (Phi) is 1.90. The van der Waals surface area contributed by atoms with Crippen LogP contribution in [0.15, 0.2) is 5.51 Å². The van der Waals surface area contributed by atoms with Crippen LogP contribution >= 0.6 is 11.3 Å². The number of thiazole rings is 1. The molecule has 0 aliphatic rings. The molecule has 0 spiro atoms. The van der Waals surface area contributed by atoms with Crippen LogP contribution in [0.4, 0.5) is 5.82 Å². The topological polar surface area (TPSA) is 84.9 Å². The van der Waals surface area contributed by atoms with E-state index in [1.54, 1.807) is 19.4 Å². The lowest BCUT2D eigenvalue weighted by Gasteiger charge is -2.14. The molecule has 5 nitrogen and oxygen atoms in total. The molecule has 6 heteroatoms. The number of hydrogen-bond acceptors (Lipinski definition) is 6. The zero-order chi connectivity index (χ0) is 10.3. The molecule has 2 aromatic heterocycles.